The minimum absolute atomic E-state index is 0.157. The molecule has 0 aliphatic carbocycles. The number of benzene rings is 4. The minimum Gasteiger partial charge on any atom is -0.358 e. The number of fused-ring (bicyclic) bond motifs is 6. The molecule has 0 unspecified atom stereocenters. The first kappa shape index (κ1) is 22.2. The lowest BCUT2D eigenvalue weighted by Crippen LogP contribution is -2.44. The molecule has 0 N–H and O–H groups in total. The Balaban J connectivity index is 1.40. The summed E-state index contributed by atoms with van der Waals surface area (Å²) in [4.78, 5) is 45.7. The molecule has 0 saturated carbocycles. The number of Topliss-reactive ketones (excluding diaryl/α,β-unsaturated/α-hetero) is 1. The molecule has 5 nitrogen and oxygen atoms in total. The molecular weight excluding hydrogens is 528 g/mol. The molecule has 0 bridgehead atoms. The summed E-state index contributed by atoms with van der Waals surface area (Å²) in [6.45, 7) is 0. The van der Waals surface area contributed by atoms with Gasteiger partial charge < -0.3 is 4.90 Å². The molecule has 7 rings (SSSR count). The van der Waals surface area contributed by atoms with E-state index in [2.05, 4.69) is 15.9 Å². The highest BCUT2D eigenvalue weighted by Crippen LogP contribution is 2.54. The lowest BCUT2D eigenvalue weighted by atomic mass is 9.83. The zero-order valence-corrected chi connectivity index (χ0v) is 21.2. The van der Waals surface area contributed by atoms with E-state index in [1.165, 1.54) is 4.90 Å². The van der Waals surface area contributed by atoms with Gasteiger partial charge in [0.1, 0.15) is 6.04 Å². The third-order valence-corrected chi connectivity index (χ3v) is 8.40. The quantitative estimate of drug-likeness (QED) is 0.232. The number of amides is 2. The molecule has 2 saturated heterocycles. The number of hydrogen-bond acceptors (Lipinski definition) is 4. The molecule has 2 fully saturated rings. The predicted molar refractivity (Wildman–Crippen MR) is 146 cm³/mol. The van der Waals surface area contributed by atoms with Crippen LogP contribution in [-0.4, -0.2) is 28.5 Å². The topological polar surface area (TPSA) is 57.7 Å². The van der Waals surface area contributed by atoms with Crippen molar-refractivity contribution in [1.82, 2.24) is 4.90 Å². The summed E-state index contributed by atoms with van der Waals surface area (Å²) in [6, 6.07) is 27.3. The Morgan fingerprint density at radius 2 is 1.46 bits per heavy atom. The van der Waals surface area contributed by atoms with Gasteiger partial charge in [-0.1, -0.05) is 88.7 Å². The average molecular weight is 549 g/mol. The summed E-state index contributed by atoms with van der Waals surface area (Å²) >= 11 is 3.43. The van der Waals surface area contributed by atoms with E-state index in [0.29, 0.717) is 11.3 Å². The number of halogens is 1. The maximum absolute atomic E-state index is 14.2. The first-order chi connectivity index (χ1) is 18.0. The van der Waals surface area contributed by atoms with E-state index in [4.69, 9.17) is 0 Å². The molecular formula is C31H21BrN2O3. The van der Waals surface area contributed by atoms with E-state index in [1.807, 2.05) is 96.0 Å². The lowest BCUT2D eigenvalue weighted by molar-refractivity contribution is -0.123. The van der Waals surface area contributed by atoms with Crippen LogP contribution in [0.15, 0.2) is 102 Å². The number of anilines is 1. The molecule has 3 aliphatic heterocycles. The number of imide groups is 1. The number of carbonyl (C=O) groups is 3. The second kappa shape index (κ2) is 8.25. The van der Waals surface area contributed by atoms with Crippen LogP contribution in [0.25, 0.3) is 16.8 Å². The first-order valence-corrected chi connectivity index (χ1v) is 13.0. The molecule has 180 valence electrons. The molecule has 0 spiro atoms. The molecule has 4 aromatic rings. The summed E-state index contributed by atoms with van der Waals surface area (Å²) < 4.78 is 0.868. The van der Waals surface area contributed by atoms with Crippen LogP contribution in [0.2, 0.25) is 0 Å². The van der Waals surface area contributed by atoms with Crippen molar-refractivity contribution >= 4 is 56.1 Å². The van der Waals surface area contributed by atoms with Crippen molar-refractivity contribution in [2.75, 3.05) is 4.90 Å². The molecule has 3 heterocycles. The van der Waals surface area contributed by atoms with Gasteiger partial charge >= 0.3 is 0 Å². The second-order valence-electron chi connectivity index (χ2n) is 9.71. The van der Waals surface area contributed by atoms with Gasteiger partial charge in [0, 0.05) is 21.6 Å². The SMILES string of the molecule is O=C(c1ccc(Br)cc1)[C@H]1[C@H]2C(=O)N(c3cccc4ccccc34)C(=O)[C@H]2[C@@H]2c3ccccc3C=CN12. The van der Waals surface area contributed by atoms with E-state index in [9.17, 15) is 14.4 Å². The van der Waals surface area contributed by atoms with Crippen LogP contribution < -0.4 is 4.90 Å². The lowest BCUT2D eigenvalue weighted by Gasteiger charge is -2.35. The standard InChI is InChI=1S/C31H21BrN2O3/c32-21-14-12-20(13-15-21)29(35)28-26-25(27-23-10-4-2-7-19(23)16-17-33(27)28)30(36)34(31(26)37)24-11-5-8-18-6-1-3-9-22(18)24/h1-17,25-28H/t25-,26+,27+,28-/m1/s1. The fourth-order valence-electron chi connectivity index (χ4n) is 6.28. The highest BCUT2D eigenvalue weighted by molar-refractivity contribution is 9.10. The monoisotopic (exact) mass is 548 g/mol. The van der Waals surface area contributed by atoms with Crippen LogP contribution in [0.3, 0.4) is 0 Å². The van der Waals surface area contributed by atoms with Gasteiger partial charge in [0.2, 0.25) is 11.8 Å². The van der Waals surface area contributed by atoms with E-state index < -0.39 is 23.9 Å². The summed E-state index contributed by atoms with van der Waals surface area (Å²) in [6.07, 6.45) is 3.85. The smallest absolute Gasteiger partial charge is 0.240 e. The fourth-order valence-corrected chi connectivity index (χ4v) is 6.55. The highest BCUT2D eigenvalue weighted by Gasteiger charge is 2.64. The van der Waals surface area contributed by atoms with Crippen LogP contribution >= 0.6 is 15.9 Å². The molecule has 4 aromatic carbocycles. The average Bonchev–Trinajstić information content (AvgIpc) is 3.40. The van der Waals surface area contributed by atoms with Gasteiger partial charge in [0.15, 0.2) is 5.78 Å². The van der Waals surface area contributed by atoms with Crippen LogP contribution in [0.4, 0.5) is 5.69 Å². The third kappa shape index (κ3) is 3.18. The van der Waals surface area contributed by atoms with Crippen LogP contribution in [0, 0.1) is 11.8 Å². The van der Waals surface area contributed by atoms with Crippen molar-refractivity contribution in [3.63, 3.8) is 0 Å². The Hall–Kier alpha value is -4.03. The molecule has 6 heteroatoms. The van der Waals surface area contributed by atoms with Crippen molar-refractivity contribution in [3.8, 4) is 0 Å². The number of carbonyl (C=O) groups excluding carboxylic acids is 3. The highest BCUT2D eigenvalue weighted by atomic mass is 79.9. The summed E-state index contributed by atoms with van der Waals surface area (Å²) in [5.41, 5.74) is 3.06. The Morgan fingerprint density at radius 1 is 0.757 bits per heavy atom. The molecule has 3 aliphatic rings. The second-order valence-corrected chi connectivity index (χ2v) is 10.6. The Bertz CT molecular complexity index is 1640. The molecule has 0 aromatic heterocycles. The first-order valence-electron chi connectivity index (χ1n) is 12.2. The largest absolute Gasteiger partial charge is 0.358 e. The van der Waals surface area contributed by atoms with E-state index in [-0.39, 0.29) is 17.6 Å². The zero-order chi connectivity index (χ0) is 25.3. The molecule has 4 atom stereocenters. The summed E-state index contributed by atoms with van der Waals surface area (Å²) in [5.74, 6) is -2.18. The van der Waals surface area contributed by atoms with Gasteiger partial charge in [0.05, 0.1) is 23.6 Å². The Kier molecular flexibility index (Phi) is 4.95. The van der Waals surface area contributed by atoms with Crippen molar-refractivity contribution in [2.24, 2.45) is 11.8 Å². The van der Waals surface area contributed by atoms with Crippen molar-refractivity contribution in [1.29, 1.82) is 0 Å². The van der Waals surface area contributed by atoms with Crippen LogP contribution in [-0.2, 0) is 9.59 Å². The van der Waals surface area contributed by atoms with Gasteiger partial charge in [-0.15, -0.1) is 0 Å². The van der Waals surface area contributed by atoms with Crippen molar-refractivity contribution in [3.05, 3.63) is 118 Å². The summed E-state index contributed by atoms with van der Waals surface area (Å²) in [7, 11) is 0. The number of hydrogen-bond donors (Lipinski definition) is 0. The van der Waals surface area contributed by atoms with Gasteiger partial charge in [0.25, 0.3) is 0 Å². The van der Waals surface area contributed by atoms with E-state index >= 15 is 0 Å². The van der Waals surface area contributed by atoms with Gasteiger partial charge in [-0.3, -0.25) is 14.4 Å². The number of rotatable bonds is 3. The van der Waals surface area contributed by atoms with E-state index in [0.717, 1.165) is 26.4 Å². The molecule has 37 heavy (non-hydrogen) atoms. The van der Waals surface area contributed by atoms with Crippen molar-refractivity contribution < 1.29 is 14.4 Å². The maximum atomic E-state index is 14.2. The third-order valence-electron chi connectivity index (χ3n) is 7.87. The predicted octanol–water partition coefficient (Wildman–Crippen LogP) is 6.00. The Morgan fingerprint density at radius 3 is 2.30 bits per heavy atom. The maximum Gasteiger partial charge on any atom is 0.240 e. The number of ketones is 1. The molecule has 0 radical (unpaired) electrons. The zero-order valence-electron chi connectivity index (χ0n) is 19.6. The van der Waals surface area contributed by atoms with Gasteiger partial charge in [-0.2, -0.15) is 0 Å². The van der Waals surface area contributed by atoms with Crippen LogP contribution in [0.1, 0.15) is 27.5 Å². The van der Waals surface area contributed by atoms with Gasteiger partial charge in [-0.05, 0) is 40.8 Å². The minimum atomic E-state index is -0.788. The van der Waals surface area contributed by atoms with E-state index in [1.54, 1.807) is 12.1 Å². The fraction of sp³-hybridized carbons (Fsp3) is 0.129. The van der Waals surface area contributed by atoms with Gasteiger partial charge in [-0.25, -0.2) is 4.90 Å². The Labute approximate surface area is 222 Å². The van der Waals surface area contributed by atoms with Crippen LogP contribution in [0.5, 0.6) is 0 Å². The summed E-state index contributed by atoms with van der Waals surface area (Å²) in [5, 5.41) is 1.79. The van der Waals surface area contributed by atoms with Crippen molar-refractivity contribution in [2.45, 2.75) is 12.1 Å². The normalized spacial score (nSPS) is 23.8. The molecule has 2 amide bonds. The number of nitrogens with zero attached hydrogens (tertiary/aromatic N) is 2.